The van der Waals surface area contributed by atoms with Crippen LogP contribution in [0.25, 0.3) is 0 Å². The van der Waals surface area contributed by atoms with E-state index in [1.165, 1.54) is 6.07 Å². The number of nitrogens with one attached hydrogen (secondary N) is 2. The van der Waals surface area contributed by atoms with Crippen LogP contribution in [-0.4, -0.2) is 34.7 Å². The first-order valence-corrected chi connectivity index (χ1v) is 8.84. The maximum Gasteiger partial charge on any atom is 0.315 e. The minimum Gasteiger partial charge on any atom is -0.386 e. The smallest absolute Gasteiger partial charge is 0.315 e. The first-order valence-electron chi connectivity index (χ1n) is 7.79. The van der Waals surface area contributed by atoms with Gasteiger partial charge in [0.15, 0.2) is 0 Å². The fraction of sp³-hybridized carbons (Fsp3) is 0.562. The molecule has 1 saturated carbocycles. The molecule has 0 radical (unpaired) electrons. The molecule has 0 saturated heterocycles. The molecule has 4 nitrogen and oxygen atoms in total. The topological polar surface area (TPSA) is 61.4 Å². The van der Waals surface area contributed by atoms with Crippen LogP contribution in [0, 0.1) is 11.6 Å². The van der Waals surface area contributed by atoms with Crippen LogP contribution in [0.5, 0.6) is 0 Å². The zero-order valence-corrected chi connectivity index (χ0v) is 13.8. The largest absolute Gasteiger partial charge is 0.386 e. The van der Waals surface area contributed by atoms with Gasteiger partial charge in [-0.1, -0.05) is 13.0 Å². The predicted octanol–water partition coefficient (Wildman–Crippen LogP) is 2.97. The zero-order chi connectivity index (χ0) is 16.8. The van der Waals surface area contributed by atoms with Gasteiger partial charge in [0.2, 0.25) is 0 Å². The molecule has 128 valence electrons. The number of thioether (sulfide) groups is 1. The average Bonchev–Trinajstić information content (AvgIpc) is 2.92. The summed E-state index contributed by atoms with van der Waals surface area (Å²) in [7, 11) is 0. The summed E-state index contributed by atoms with van der Waals surface area (Å²) < 4.78 is 27.1. The Morgan fingerprint density at radius 3 is 2.74 bits per heavy atom. The minimum absolute atomic E-state index is 0.112. The zero-order valence-electron chi connectivity index (χ0n) is 13.0. The van der Waals surface area contributed by atoms with Crippen molar-refractivity contribution in [2.24, 2.45) is 0 Å². The van der Waals surface area contributed by atoms with E-state index in [1.807, 2.05) is 11.8 Å². The number of amides is 2. The van der Waals surface area contributed by atoms with Gasteiger partial charge in [0.25, 0.3) is 0 Å². The number of hydrogen-bond donors (Lipinski definition) is 3. The van der Waals surface area contributed by atoms with Crippen LogP contribution in [-0.2, 0) is 0 Å². The van der Waals surface area contributed by atoms with Crippen molar-refractivity contribution in [1.29, 1.82) is 0 Å². The fourth-order valence-corrected chi connectivity index (χ4v) is 3.96. The molecule has 7 heteroatoms. The van der Waals surface area contributed by atoms with Gasteiger partial charge in [-0.25, -0.2) is 13.6 Å². The number of hydrogen-bond acceptors (Lipinski definition) is 3. The van der Waals surface area contributed by atoms with E-state index in [0.29, 0.717) is 5.25 Å². The summed E-state index contributed by atoms with van der Waals surface area (Å²) in [5, 5.41) is 15.8. The second-order valence-corrected chi connectivity index (χ2v) is 7.17. The van der Waals surface area contributed by atoms with Crippen LogP contribution in [0.3, 0.4) is 0 Å². The van der Waals surface area contributed by atoms with Crippen molar-refractivity contribution in [1.82, 2.24) is 10.6 Å². The Morgan fingerprint density at radius 1 is 1.39 bits per heavy atom. The number of aliphatic hydroxyl groups excluding tert-OH is 1. The van der Waals surface area contributed by atoms with Crippen molar-refractivity contribution in [2.75, 3.05) is 12.3 Å². The fourth-order valence-electron chi connectivity index (χ4n) is 2.82. The lowest BCUT2D eigenvalue weighted by Crippen LogP contribution is -2.42. The van der Waals surface area contributed by atoms with Crippen LogP contribution < -0.4 is 10.6 Å². The second-order valence-electron chi connectivity index (χ2n) is 5.59. The van der Waals surface area contributed by atoms with E-state index in [4.69, 9.17) is 0 Å². The highest BCUT2D eigenvalue weighted by molar-refractivity contribution is 7.99. The van der Waals surface area contributed by atoms with Gasteiger partial charge in [-0.05, 0) is 37.1 Å². The third kappa shape index (κ3) is 5.07. The van der Waals surface area contributed by atoms with E-state index in [1.54, 1.807) is 0 Å². The summed E-state index contributed by atoms with van der Waals surface area (Å²) in [6, 6.07) is 3.07. The molecular weight excluding hydrogens is 322 g/mol. The third-order valence-corrected chi connectivity index (χ3v) is 5.14. The van der Waals surface area contributed by atoms with Crippen molar-refractivity contribution in [3.05, 3.63) is 35.4 Å². The average molecular weight is 344 g/mol. The van der Waals surface area contributed by atoms with E-state index in [9.17, 15) is 18.7 Å². The molecule has 1 aromatic carbocycles. The van der Waals surface area contributed by atoms with Crippen molar-refractivity contribution in [3.63, 3.8) is 0 Å². The molecule has 0 heterocycles. The summed E-state index contributed by atoms with van der Waals surface area (Å²) in [6.07, 6.45) is 1.51. The molecule has 3 atom stereocenters. The maximum absolute atomic E-state index is 13.5. The van der Waals surface area contributed by atoms with Crippen LogP contribution in [0.2, 0.25) is 0 Å². The molecule has 3 unspecified atom stereocenters. The van der Waals surface area contributed by atoms with Crippen molar-refractivity contribution >= 4 is 17.8 Å². The minimum atomic E-state index is -1.42. The highest BCUT2D eigenvalue weighted by Gasteiger charge is 2.26. The lowest BCUT2D eigenvalue weighted by Gasteiger charge is -2.17. The molecule has 1 fully saturated rings. The quantitative estimate of drug-likeness (QED) is 0.743. The third-order valence-electron chi connectivity index (χ3n) is 3.91. The van der Waals surface area contributed by atoms with Gasteiger partial charge in [-0.3, -0.25) is 0 Å². The summed E-state index contributed by atoms with van der Waals surface area (Å²) in [4.78, 5) is 11.8. The highest BCUT2D eigenvalue weighted by Crippen LogP contribution is 2.29. The molecule has 1 aromatic rings. The maximum atomic E-state index is 13.5. The summed E-state index contributed by atoms with van der Waals surface area (Å²) in [5.74, 6) is -0.589. The van der Waals surface area contributed by atoms with Gasteiger partial charge >= 0.3 is 6.03 Å². The molecule has 0 bridgehead atoms. The molecule has 2 amide bonds. The second kappa shape index (κ2) is 8.49. The van der Waals surface area contributed by atoms with Crippen LogP contribution in [0.1, 0.15) is 37.9 Å². The molecular formula is C16H22F2N2O2S. The number of benzene rings is 1. The Morgan fingerprint density at radius 2 is 2.09 bits per heavy atom. The van der Waals surface area contributed by atoms with E-state index >= 15 is 0 Å². The molecule has 1 aliphatic carbocycles. The summed E-state index contributed by atoms with van der Waals surface area (Å²) in [6.45, 7) is 1.87. The Balaban J connectivity index is 1.78. The van der Waals surface area contributed by atoms with Gasteiger partial charge in [0.05, 0.1) is 5.56 Å². The predicted molar refractivity (Wildman–Crippen MR) is 87.4 cm³/mol. The molecule has 1 aliphatic rings. The van der Waals surface area contributed by atoms with Crippen LogP contribution >= 0.6 is 11.8 Å². The van der Waals surface area contributed by atoms with Crippen LogP contribution in [0.15, 0.2) is 18.2 Å². The van der Waals surface area contributed by atoms with E-state index in [2.05, 4.69) is 17.6 Å². The first-order chi connectivity index (χ1) is 11.0. The monoisotopic (exact) mass is 344 g/mol. The van der Waals surface area contributed by atoms with Crippen molar-refractivity contribution < 1.29 is 18.7 Å². The first kappa shape index (κ1) is 18.0. The van der Waals surface area contributed by atoms with Gasteiger partial charge in [0.1, 0.15) is 17.7 Å². The summed E-state index contributed by atoms with van der Waals surface area (Å²) >= 11 is 1.89. The molecule has 3 N–H and O–H groups in total. The van der Waals surface area contributed by atoms with Gasteiger partial charge in [-0.2, -0.15) is 11.8 Å². The lowest BCUT2D eigenvalue weighted by atomic mass is 10.1. The van der Waals surface area contributed by atoms with Crippen LogP contribution in [0.4, 0.5) is 13.6 Å². The number of carbonyl (C=O) groups excluding carboxylic acids is 1. The standard InChI is InChI=1S/C16H22F2N2O2S/c1-2-23-11-7-6-10(8-11)20-16(22)19-9-14(21)15-12(17)4-3-5-13(15)18/h3-5,10-11,14,21H,2,6-9H2,1H3,(H2,19,20,22). The molecule has 0 aliphatic heterocycles. The number of aliphatic hydroxyl groups is 1. The van der Waals surface area contributed by atoms with Crippen molar-refractivity contribution in [2.45, 2.75) is 43.6 Å². The van der Waals surface area contributed by atoms with E-state index in [-0.39, 0.29) is 12.6 Å². The molecule has 2 rings (SSSR count). The number of urea groups is 1. The highest BCUT2D eigenvalue weighted by atomic mass is 32.2. The molecule has 0 spiro atoms. The SMILES string of the molecule is CCSC1CCC(NC(=O)NCC(O)c2c(F)cccc2F)C1. The van der Waals surface area contributed by atoms with E-state index < -0.39 is 29.3 Å². The Bertz CT molecular complexity index is 525. The molecule has 0 aromatic heterocycles. The summed E-state index contributed by atoms with van der Waals surface area (Å²) in [5.41, 5.74) is -0.423. The molecule has 23 heavy (non-hydrogen) atoms. The Hall–Kier alpha value is -1.34. The number of carbonyl (C=O) groups is 1. The Labute approximate surface area is 139 Å². The Kier molecular flexibility index (Phi) is 6.65. The van der Waals surface area contributed by atoms with Crippen molar-refractivity contribution in [3.8, 4) is 0 Å². The van der Waals surface area contributed by atoms with Gasteiger partial charge in [0, 0.05) is 17.8 Å². The van der Waals surface area contributed by atoms with Gasteiger partial charge < -0.3 is 15.7 Å². The lowest BCUT2D eigenvalue weighted by molar-refractivity contribution is 0.163. The van der Waals surface area contributed by atoms with Gasteiger partial charge in [-0.15, -0.1) is 0 Å². The number of halogens is 2. The number of rotatable bonds is 6. The normalized spacial score (nSPS) is 21.9. The van der Waals surface area contributed by atoms with E-state index in [0.717, 1.165) is 37.1 Å².